The number of ether oxygens (including phenoxy) is 2. The molecule has 0 radical (unpaired) electrons. The molecule has 0 aliphatic carbocycles. The second-order valence-corrected chi connectivity index (χ2v) is 12.9. The number of rotatable bonds is 11. The SMILES string of the molecule is BC1CN(C)CC(COCP(=O)(N(C)C)N2CCN(C/C=C(\C)CCC=C(C)C)CC2)O1. The van der Waals surface area contributed by atoms with Crippen molar-refractivity contribution in [2.75, 3.05) is 79.9 Å². The minimum atomic E-state index is -2.73. The van der Waals surface area contributed by atoms with Crippen molar-refractivity contribution in [3.8, 4) is 0 Å². The molecule has 2 saturated heterocycles. The molecule has 0 saturated carbocycles. The molecule has 3 unspecified atom stereocenters. The standard InChI is InChI=1S/C23H46BN4O3P/c1-20(2)8-7-9-21(3)10-11-27-12-14-28(15-13-27)32(29,25(4)5)19-30-18-22-16-26(6)17-23(24)31-22/h8,10,22-23H,7,9,11-19,24H2,1-6H3/b21-10+. The van der Waals surface area contributed by atoms with Gasteiger partial charge in [0.25, 0.3) is 0 Å². The van der Waals surface area contributed by atoms with Gasteiger partial charge in [0.1, 0.15) is 14.2 Å². The summed E-state index contributed by atoms with van der Waals surface area (Å²) in [5.41, 5.74) is 2.83. The van der Waals surface area contributed by atoms with Crippen molar-refractivity contribution < 1.29 is 14.0 Å². The first-order valence-corrected chi connectivity index (χ1v) is 13.8. The lowest BCUT2D eigenvalue weighted by Crippen LogP contribution is -2.48. The number of piperazine rings is 1. The summed E-state index contributed by atoms with van der Waals surface area (Å²) in [6.07, 6.45) is 7.19. The van der Waals surface area contributed by atoms with E-state index in [1.807, 2.05) is 18.8 Å². The van der Waals surface area contributed by atoms with Crippen molar-refractivity contribution in [2.45, 2.75) is 45.7 Å². The van der Waals surface area contributed by atoms with Crippen molar-refractivity contribution >= 4 is 15.3 Å². The Morgan fingerprint density at radius 1 is 1.16 bits per heavy atom. The van der Waals surface area contributed by atoms with Gasteiger partial charge in [-0.25, -0.2) is 9.34 Å². The van der Waals surface area contributed by atoms with Crippen LogP contribution in [0.1, 0.15) is 33.6 Å². The van der Waals surface area contributed by atoms with Crippen LogP contribution in [0.2, 0.25) is 0 Å². The van der Waals surface area contributed by atoms with Crippen LogP contribution in [-0.2, 0) is 14.0 Å². The van der Waals surface area contributed by atoms with Gasteiger partial charge in [-0.3, -0.25) is 9.46 Å². The average Bonchev–Trinajstić information content (AvgIpc) is 2.71. The third-order valence-electron chi connectivity index (χ3n) is 6.28. The highest BCUT2D eigenvalue weighted by atomic mass is 31.2. The molecule has 184 valence electrons. The maximum atomic E-state index is 13.8. The van der Waals surface area contributed by atoms with E-state index in [1.54, 1.807) is 0 Å². The van der Waals surface area contributed by atoms with Crippen LogP contribution in [0.15, 0.2) is 23.3 Å². The van der Waals surface area contributed by atoms with Gasteiger partial charge in [0, 0.05) is 51.8 Å². The molecule has 3 atom stereocenters. The molecule has 2 heterocycles. The number of allylic oxidation sites excluding steroid dienone is 3. The second kappa shape index (κ2) is 13.4. The largest absolute Gasteiger partial charge is 0.379 e. The Kier molecular flexibility index (Phi) is 11.7. The lowest BCUT2D eigenvalue weighted by molar-refractivity contribution is -0.0748. The first-order chi connectivity index (χ1) is 15.1. The molecule has 0 N–H and O–H groups in total. The van der Waals surface area contributed by atoms with Crippen molar-refractivity contribution in [2.24, 2.45) is 0 Å². The highest BCUT2D eigenvalue weighted by Gasteiger charge is 2.36. The fourth-order valence-electron chi connectivity index (χ4n) is 4.33. The van der Waals surface area contributed by atoms with Gasteiger partial charge in [-0.2, -0.15) is 0 Å². The third kappa shape index (κ3) is 9.05. The van der Waals surface area contributed by atoms with Crippen LogP contribution in [0.3, 0.4) is 0 Å². The van der Waals surface area contributed by atoms with Crippen LogP contribution in [-0.4, -0.2) is 119 Å². The Morgan fingerprint density at radius 2 is 1.84 bits per heavy atom. The van der Waals surface area contributed by atoms with Crippen LogP contribution in [0.4, 0.5) is 0 Å². The van der Waals surface area contributed by atoms with Crippen LogP contribution in [0, 0.1) is 0 Å². The summed E-state index contributed by atoms with van der Waals surface area (Å²) in [5.74, 6) is 0. The van der Waals surface area contributed by atoms with Crippen LogP contribution < -0.4 is 0 Å². The highest BCUT2D eigenvalue weighted by molar-refractivity contribution is 7.58. The quantitative estimate of drug-likeness (QED) is 0.262. The Hall–Kier alpha value is -0.465. The molecular formula is C23H46BN4O3P. The average molecular weight is 468 g/mol. The van der Waals surface area contributed by atoms with E-state index in [0.717, 1.165) is 58.7 Å². The van der Waals surface area contributed by atoms with Gasteiger partial charge in [0.2, 0.25) is 7.44 Å². The fraction of sp³-hybridized carbons (Fsp3) is 0.826. The molecule has 0 aromatic rings. The molecule has 0 aromatic carbocycles. The zero-order valence-electron chi connectivity index (χ0n) is 21.5. The number of hydrogen-bond donors (Lipinski definition) is 0. The molecular weight excluding hydrogens is 422 g/mol. The Labute approximate surface area is 197 Å². The van der Waals surface area contributed by atoms with Gasteiger partial charge in [0.05, 0.1) is 12.7 Å². The molecule has 0 aromatic heterocycles. The topological polar surface area (TPSA) is 48.5 Å². The minimum Gasteiger partial charge on any atom is -0.379 e. The van der Waals surface area contributed by atoms with Gasteiger partial charge in [-0.1, -0.05) is 23.3 Å². The van der Waals surface area contributed by atoms with Gasteiger partial charge >= 0.3 is 0 Å². The van der Waals surface area contributed by atoms with Crippen molar-refractivity contribution in [1.29, 1.82) is 0 Å². The normalized spacial score (nSPS) is 26.3. The van der Waals surface area contributed by atoms with Crippen LogP contribution in [0.5, 0.6) is 0 Å². The summed E-state index contributed by atoms with van der Waals surface area (Å²) in [5, 5.41) is 0. The molecule has 7 nitrogen and oxygen atoms in total. The van der Waals surface area contributed by atoms with Crippen molar-refractivity contribution in [3.63, 3.8) is 0 Å². The Morgan fingerprint density at radius 3 is 2.44 bits per heavy atom. The Balaban J connectivity index is 1.79. The second-order valence-electron chi connectivity index (χ2n) is 9.93. The summed E-state index contributed by atoms with van der Waals surface area (Å²) in [6, 6.07) is 0.209. The minimum absolute atomic E-state index is 0.0444. The first kappa shape index (κ1) is 27.8. The van der Waals surface area contributed by atoms with Gasteiger partial charge in [-0.15, -0.1) is 0 Å². The van der Waals surface area contributed by atoms with E-state index in [2.05, 4.69) is 62.3 Å². The molecule has 2 aliphatic heterocycles. The van der Waals surface area contributed by atoms with Crippen molar-refractivity contribution in [1.82, 2.24) is 19.1 Å². The van der Waals surface area contributed by atoms with E-state index < -0.39 is 7.44 Å². The first-order valence-electron chi connectivity index (χ1n) is 12.1. The summed E-state index contributed by atoms with van der Waals surface area (Å²) >= 11 is 0. The van der Waals surface area contributed by atoms with E-state index in [9.17, 15) is 4.57 Å². The summed E-state index contributed by atoms with van der Waals surface area (Å²) in [7, 11) is 5.28. The van der Waals surface area contributed by atoms with Crippen LogP contribution >= 0.6 is 7.44 Å². The maximum Gasteiger partial charge on any atom is 0.241 e. The smallest absolute Gasteiger partial charge is 0.241 e. The predicted octanol–water partition coefficient (Wildman–Crippen LogP) is 2.32. The van der Waals surface area contributed by atoms with E-state index in [-0.39, 0.29) is 18.5 Å². The van der Waals surface area contributed by atoms with Gasteiger partial charge in [-0.05, 0) is 54.8 Å². The number of morpholine rings is 1. The Bertz CT molecular complexity index is 666. The van der Waals surface area contributed by atoms with E-state index >= 15 is 0 Å². The number of hydrogen-bond acceptors (Lipinski definition) is 5. The molecule has 2 rings (SSSR count). The lowest BCUT2D eigenvalue weighted by Gasteiger charge is -2.41. The number of likely N-dealkylation sites (N-methyl/N-ethyl adjacent to an activating group) is 1. The van der Waals surface area contributed by atoms with Gasteiger partial charge in [0.15, 0.2) is 0 Å². The molecule has 32 heavy (non-hydrogen) atoms. The van der Waals surface area contributed by atoms with Gasteiger partial charge < -0.3 is 14.4 Å². The summed E-state index contributed by atoms with van der Waals surface area (Å²) in [6.45, 7) is 13.3. The summed E-state index contributed by atoms with van der Waals surface area (Å²) < 4.78 is 29.8. The molecule has 2 fully saturated rings. The van der Waals surface area contributed by atoms with E-state index in [4.69, 9.17) is 9.47 Å². The fourth-order valence-corrected chi connectivity index (χ4v) is 6.38. The monoisotopic (exact) mass is 468 g/mol. The predicted molar refractivity (Wildman–Crippen MR) is 137 cm³/mol. The molecule has 9 heteroatoms. The van der Waals surface area contributed by atoms with Crippen molar-refractivity contribution in [3.05, 3.63) is 23.3 Å². The summed E-state index contributed by atoms with van der Waals surface area (Å²) in [4.78, 5) is 4.72. The zero-order valence-corrected chi connectivity index (χ0v) is 22.4. The molecule has 2 aliphatic rings. The van der Waals surface area contributed by atoms with E-state index in [1.165, 1.54) is 11.1 Å². The zero-order chi connectivity index (χ0) is 23.7. The maximum absolute atomic E-state index is 13.8. The lowest BCUT2D eigenvalue weighted by atomic mass is 9.98. The van der Waals surface area contributed by atoms with Crippen LogP contribution in [0.25, 0.3) is 0 Å². The van der Waals surface area contributed by atoms with E-state index in [0.29, 0.717) is 6.61 Å². The molecule has 0 bridgehead atoms. The third-order valence-corrected chi connectivity index (χ3v) is 9.33. The molecule has 0 spiro atoms. The number of nitrogens with zero attached hydrogens (tertiary/aromatic N) is 4. The molecule has 0 amide bonds. The highest BCUT2D eigenvalue weighted by Crippen LogP contribution is 2.51.